The van der Waals surface area contributed by atoms with Gasteiger partial charge in [-0.05, 0) is 72.0 Å². The van der Waals surface area contributed by atoms with Crippen LogP contribution in [0.4, 0.5) is 5.69 Å². The Hall–Kier alpha value is -3.57. The summed E-state index contributed by atoms with van der Waals surface area (Å²) in [4.78, 5) is 13.6. The zero-order chi connectivity index (χ0) is 29.5. The number of nitrogens with zero attached hydrogens (tertiary/aromatic N) is 1. The molecule has 1 heterocycles. The monoisotopic (exact) mass is 586 g/mol. The van der Waals surface area contributed by atoms with E-state index in [1.807, 2.05) is 26.8 Å². The Bertz CT molecular complexity index is 1610. The van der Waals surface area contributed by atoms with Gasteiger partial charge >= 0.3 is 0 Å². The molecule has 0 radical (unpaired) electrons. The average molecular weight is 587 g/mol. The molecule has 0 fully saturated rings. The molecule has 0 bridgehead atoms. The first-order valence-electron chi connectivity index (χ1n) is 12.7. The SMILES string of the molecule is COc1ccc(S(=O)(=O)N2C[C@H](C(=O)N[C@H](C)c3ccc(S(C)(=O)=O)cc3)Oc3ccc(C(C)(C)C)cc32)cc1. The molecule has 9 nitrogen and oxygen atoms in total. The van der Waals surface area contributed by atoms with Crippen LogP contribution >= 0.6 is 0 Å². The molecule has 0 spiro atoms. The lowest BCUT2D eigenvalue weighted by atomic mass is 9.86. The van der Waals surface area contributed by atoms with Crippen LogP contribution in [0.25, 0.3) is 0 Å². The van der Waals surface area contributed by atoms with E-state index in [1.165, 1.54) is 35.7 Å². The number of sulfonamides is 1. The number of nitrogens with one attached hydrogen (secondary N) is 1. The molecule has 3 aromatic carbocycles. The maximum Gasteiger partial charge on any atom is 0.264 e. The second-order valence-corrected chi connectivity index (χ2v) is 14.7. The number of hydrogen-bond acceptors (Lipinski definition) is 7. The average Bonchev–Trinajstić information content (AvgIpc) is 2.91. The summed E-state index contributed by atoms with van der Waals surface area (Å²) in [5, 5.41) is 2.87. The van der Waals surface area contributed by atoms with Crippen LogP contribution < -0.4 is 19.1 Å². The summed E-state index contributed by atoms with van der Waals surface area (Å²) >= 11 is 0. The summed E-state index contributed by atoms with van der Waals surface area (Å²) in [6.45, 7) is 7.61. The van der Waals surface area contributed by atoms with Gasteiger partial charge in [-0.2, -0.15) is 0 Å². The number of methoxy groups -OCH3 is 1. The maximum atomic E-state index is 13.9. The predicted molar refractivity (Wildman–Crippen MR) is 153 cm³/mol. The van der Waals surface area contributed by atoms with Crippen LogP contribution in [0.3, 0.4) is 0 Å². The van der Waals surface area contributed by atoms with Crippen molar-refractivity contribution in [2.45, 2.75) is 55.0 Å². The topological polar surface area (TPSA) is 119 Å². The van der Waals surface area contributed by atoms with Gasteiger partial charge in [-0.15, -0.1) is 0 Å². The van der Waals surface area contributed by atoms with Gasteiger partial charge < -0.3 is 14.8 Å². The molecule has 1 amide bonds. The normalized spacial score (nSPS) is 16.4. The highest BCUT2D eigenvalue weighted by Gasteiger charge is 2.38. The molecule has 11 heteroatoms. The van der Waals surface area contributed by atoms with Crippen LogP contribution in [0.1, 0.15) is 44.9 Å². The van der Waals surface area contributed by atoms with E-state index in [0.29, 0.717) is 17.0 Å². The predicted octanol–water partition coefficient (Wildman–Crippen LogP) is 4.23. The first kappa shape index (κ1) is 29.4. The number of hydrogen-bond donors (Lipinski definition) is 1. The van der Waals surface area contributed by atoms with E-state index in [2.05, 4.69) is 5.32 Å². The summed E-state index contributed by atoms with van der Waals surface area (Å²) in [7, 11) is -5.92. The smallest absolute Gasteiger partial charge is 0.264 e. The second kappa shape index (κ2) is 10.8. The molecule has 0 saturated carbocycles. The van der Waals surface area contributed by atoms with Crippen molar-refractivity contribution >= 4 is 31.5 Å². The number of carbonyl (C=O) groups is 1. The molecular formula is C29H34N2O7S2. The van der Waals surface area contributed by atoms with Gasteiger partial charge in [0.15, 0.2) is 15.9 Å². The number of benzene rings is 3. The zero-order valence-corrected chi connectivity index (χ0v) is 25.0. The first-order chi connectivity index (χ1) is 18.6. The number of carbonyl (C=O) groups excluding carboxylic acids is 1. The highest BCUT2D eigenvalue weighted by atomic mass is 32.2. The summed E-state index contributed by atoms with van der Waals surface area (Å²) in [5.74, 6) is 0.300. The van der Waals surface area contributed by atoms with Crippen LogP contribution in [0.5, 0.6) is 11.5 Å². The minimum atomic E-state index is -4.07. The molecule has 1 aliphatic heterocycles. The fraction of sp³-hybridized carbons (Fsp3) is 0.345. The molecule has 4 rings (SSSR count). The molecule has 0 aromatic heterocycles. The Balaban J connectivity index is 1.66. The van der Waals surface area contributed by atoms with E-state index in [4.69, 9.17) is 9.47 Å². The third kappa shape index (κ3) is 6.10. The van der Waals surface area contributed by atoms with Gasteiger partial charge in [0.1, 0.15) is 11.5 Å². The van der Waals surface area contributed by atoms with Crippen LogP contribution in [0.15, 0.2) is 76.5 Å². The standard InChI is InChI=1S/C29H34N2O7S2/c1-19(20-7-12-23(13-8-20)39(6,33)34)30-28(32)27-18-31(40(35,36)24-14-10-22(37-5)11-15-24)25-17-21(29(2,3)4)9-16-26(25)38-27/h7-17,19,27H,18H2,1-6H3,(H,30,32)/t19-,27-/m1/s1. The number of anilines is 1. The van der Waals surface area contributed by atoms with Crippen molar-refractivity contribution in [3.63, 3.8) is 0 Å². The Kier molecular flexibility index (Phi) is 7.92. The van der Waals surface area contributed by atoms with Crippen LogP contribution in [0.2, 0.25) is 0 Å². The van der Waals surface area contributed by atoms with Crippen molar-refractivity contribution in [3.05, 3.63) is 77.9 Å². The van der Waals surface area contributed by atoms with Gasteiger partial charge in [0.2, 0.25) is 0 Å². The van der Waals surface area contributed by atoms with Crippen molar-refractivity contribution in [1.29, 1.82) is 0 Å². The quantitative estimate of drug-likeness (QED) is 0.440. The maximum absolute atomic E-state index is 13.9. The lowest BCUT2D eigenvalue weighted by Gasteiger charge is -2.36. The number of fused-ring (bicyclic) bond motifs is 1. The third-order valence-corrected chi connectivity index (χ3v) is 9.72. The molecular weight excluding hydrogens is 552 g/mol. The largest absolute Gasteiger partial charge is 0.497 e. The zero-order valence-electron chi connectivity index (χ0n) is 23.3. The summed E-state index contributed by atoms with van der Waals surface area (Å²) in [6.07, 6.45) is 0.000487. The fourth-order valence-corrected chi connectivity index (χ4v) is 6.45. The van der Waals surface area contributed by atoms with Crippen LogP contribution in [-0.2, 0) is 30.1 Å². The lowest BCUT2D eigenvalue weighted by molar-refractivity contribution is -0.128. The van der Waals surface area contributed by atoms with Crippen molar-refractivity contribution in [1.82, 2.24) is 5.32 Å². The van der Waals surface area contributed by atoms with E-state index in [-0.39, 0.29) is 27.5 Å². The molecule has 0 aliphatic carbocycles. The lowest BCUT2D eigenvalue weighted by Crippen LogP contribution is -2.51. The number of ether oxygens (including phenoxy) is 2. The number of amides is 1. The molecule has 1 aliphatic rings. The van der Waals surface area contributed by atoms with Crippen molar-refractivity contribution in [2.75, 3.05) is 24.2 Å². The third-order valence-electron chi connectivity index (χ3n) is 6.80. The van der Waals surface area contributed by atoms with Crippen LogP contribution in [-0.4, -0.2) is 48.8 Å². The fourth-order valence-electron chi connectivity index (χ4n) is 4.35. The molecule has 40 heavy (non-hydrogen) atoms. The molecule has 0 unspecified atom stereocenters. The van der Waals surface area contributed by atoms with Gasteiger partial charge in [0, 0.05) is 6.26 Å². The van der Waals surface area contributed by atoms with Crippen molar-refractivity contribution < 1.29 is 31.1 Å². The Morgan fingerprint density at radius 2 is 1.57 bits per heavy atom. The highest BCUT2D eigenvalue weighted by Crippen LogP contribution is 2.40. The van der Waals surface area contributed by atoms with Crippen molar-refractivity contribution in [3.8, 4) is 11.5 Å². The van der Waals surface area contributed by atoms with E-state index in [1.54, 1.807) is 43.3 Å². The molecule has 3 aromatic rings. The summed E-state index contributed by atoms with van der Waals surface area (Å²) in [5.41, 5.74) is 1.71. The van der Waals surface area contributed by atoms with Gasteiger partial charge in [0.05, 0.1) is 35.2 Å². The highest BCUT2D eigenvalue weighted by molar-refractivity contribution is 7.92. The Labute approximate surface area is 236 Å². The summed E-state index contributed by atoms with van der Waals surface area (Å²) < 4.78 is 63.8. The Morgan fingerprint density at radius 3 is 2.12 bits per heavy atom. The first-order valence-corrected chi connectivity index (χ1v) is 16.0. The second-order valence-electron chi connectivity index (χ2n) is 10.8. The molecule has 0 saturated heterocycles. The molecule has 214 valence electrons. The van der Waals surface area contributed by atoms with E-state index >= 15 is 0 Å². The minimum Gasteiger partial charge on any atom is -0.497 e. The number of rotatable bonds is 7. The molecule has 1 N–H and O–H groups in total. The van der Waals surface area contributed by atoms with E-state index in [9.17, 15) is 21.6 Å². The van der Waals surface area contributed by atoms with Gasteiger partial charge in [-0.25, -0.2) is 16.8 Å². The van der Waals surface area contributed by atoms with E-state index < -0.39 is 37.9 Å². The van der Waals surface area contributed by atoms with Crippen LogP contribution in [0, 0.1) is 0 Å². The Morgan fingerprint density at radius 1 is 0.975 bits per heavy atom. The van der Waals surface area contributed by atoms with E-state index in [0.717, 1.165) is 11.8 Å². The minimum absolute atomic E-state index is 0.0563. The summed E-state index contributed by atoms with van der Waals surface area (Å²) in [6, 6.07) is 17.2. The van der Waals surface area contributed by atoms with Gasteiger partial charge in [0.25, 0.3) is 15.9 Å². The molecule has 2 atom stereocenters. The van der Waals surface area contributed by atoms with Gasteiger partial charge in [-0.1, -0.05) is 39.0 Å². The van der Waals surface area contributed by atoms with Crippen molar-refractivity contribution in [2.24, 2.45) is 0 Å². The van der Waals surface area contributed by atoms with Gasteiger partial charge in [-0.3, -0.25) is 9.10 Å². The number of sulfone groups is 1.